The fourth-order valence-corrected chi connectivity index (χ4v) is 1.62. The first kappa shape index (κ1) is 12.2. The van der Waals surface area contributed by atoms with Gasteiger partial charge in [0.2, 0.25) is 0 Å². The molecule has 15 heavy (non-hydrogen) atoms. The molecule has 0 heterocycles. The monoisotopic (exact) mass is 207 g/mol. The Morgan fingerprint density at radius 2 is 1.67 bits per heavy atom. The van der Waals surface area contributed by atoms with E-state index in [0.29, 0.717) is 5.92 Å². The van der Waals surface area contributed by atoms with Crippen LogP contribution >= 0.6 is 0 Å². The van der Waals surface area contributed by atoms with Crippen LogP contribution < -0.4 is 5.32 Å². The van der Waals surface area contributed by atoms with Crippen LogP contribution in [-0.2, 0) is 4.74 Å². The van der Waals surface area contributed by atoms with Gasteiger partial charge in [-0.15, -0.1) is 0 Å². The van der Waals surface area contributed by atoms with Crippen molar-refractivity contribution in [2.45, 2.75) is 25.9 Å². The van der Waals surface area contributed by atoms with Gasteiger partial charge in [0.15, 0.2) is 0 Å². The van der Waals surface area contributed by atoms with E-state index in [1.165, 1.54) is 11.1 Å². The van der Waals surface area contributed by atoms with Crippen LogP contribution in [0.3, 0.4) is 0 Å². The Bertz CT molecular complexity index is 279. The summed E-state index contributed by atoms with van der Waals surface area (Å²) in [7, 11) is 3.69. The Kier molecular flexibility index (Phi) is 4.79. The molecule has 2 nitrogen and oxygen atoms in total. The molecule has 0 aromatic heterocycles. The third-order valence-electron chi connectivity index (χ3n) is 2.65. The number of likely N-dealkylation sites (N-methyl/N-ethyl adjacent to an activating group) is 1. The molecule has 0 aliphatic carbocycles. The predicted octanol–water partition coefficient (Wildman–Crippen LogP) is 2.72. The van der Waals surface area contributed by atoms with Gasteiger partial charge in [-0.1, -0.05) is 38.1 Å². The summed E-state index contributed by atoms with van der Waals surface area (Å²) in [5.74, 6) is 0.587. The zero-order chi connectivity index (χ0) is 11.3. The molecule has 1 aromatic rings. The van der Waals surface area contributed by atoms with E-state index in [1.807, 2.05) is 7.05 Å². The lowest BCUT2D eigenvalue weighted by Crippen LogP contribution is -2.18. The van der Waals surface area contributed by atoms with Crippen LogP contribution in [0.1, 0.15) is 37.0 Å². The summed E-state index contributed by atoms with van der Waals surface area (Å²) >= 11 is 0. The number of rotatable bonds is 5. The fourth-order valence-electron chi connectivity index (χ4n) is 1.62. The van der Waals surface area contributed by atoms with Crippen molar-refractivity contribution in [2.24, 2.45) is 0 Å². The van der Waals surface area contributed by atoms with Gasteiger partial charge in [0, 0.05) is 13.7 Å². The molecule has 0 fully saturated rings. The molecule has 1 atom stereocenters. The quantitative estimate of drug-likeness (QED) is 0.801. The van der Waals surface area contributed by atoms with Gasteiger partial charge in [-0.2, -0.15) is 0 Å². The number of methoxy groups -OCH3 is 1. The predicted molar refractivity (Wildman–Crippen MR) is 64.2 cm³/mol. The van der Waals surface area contributed by atoms with Gasteiger partial charge in [0.1, 0.15) is 0 Å². The van der Waals surface area contributed by atoms with Crippen molar-refractivity contribution < 1.29 is 4.74 Å². The highest BCUT2D eigenvalue weighted by Gasteiger charge is 2.09. The average Bonchev–Trinajstić information content (AvgIpc) is 2.26. The molecule has 0 aliphatic heterocycles. The summed E-state index contributed by atoms with van der Waals surface area (Å²) in [4.78, 5) is 0. The summed E-state index contributed by atoms with van der Waals surface area (Å²) in [6.45, 7) is 5.25. The van der Waals surface area contributed by atoms with Gasteiger partial charge in [-0.3, -0.25) is 0 Å². The third kappa shape index (κ3) is 3.33. The number of nitrogens with one attached hydrogen (secondary N) is 1. The van der Waals surface area contributed by atoms with E-state index < -0.39 is 0 Å². The van der Waals surface area contributed by atoms with Crippen LogP contribution in [-0.4, -0.2) is 20.7 Å². The number of ether oxygens (including phenoxy) is 1. The van der Waals surface area contributed by atoms with Crippen molar-refractivity contribution >= 4 is 0 Å². The first-order valence-electron chi connectivity index (χ1n) is 5.46. The van der Waals surface area contributed by atoms with Gasteiger partial charge in [-0.05, 0) is 24.1 Å². The lowest BCUT2D eigenvalue weighted by molar-refractivity contribution is 0.104. The topological polar surface area (TPSA) is 21.3 Å². The number of hydrogen-bond donors (Lipinski definition) is 1. The number of hydrogen-bond acceptors (Lipinski definition) is 2. The van der Waals surface area contributed by atoms with Crippen molar-refractivity contribution in [2.75, 3.05) is 20.7 Å². The SMILES string of the molecule is CNCC(OC)c1ccc(C(C)C)cc1. The lowest BCUT2D eigenvalue weighted by Gasteiger charge is -2.16. The highest BCUT2D eigenvalue weighted by atomic mass is 16.5. The van der Waals surface area contributed by atoms with Crippen LogP contribution in [0.2, 0.25) is 0 Å². The van der Waals surface area contributed by atoms with Crippen molar-refractivity contribution in [1.82, 2.24) is 5.32 Å². The summed E-state index contributed by atoms with van der Waals surface area (Å²) < 4.78 is 5.41. The zero-order valence-corrected chi connectivity index (χ0v) is 10.1. The molecule has 1 rings (SSSR count). The molecule has 1 unspecified atom stereocenters. The van der Waals surface area contributed by atoms with Crippen molar-refractivity contribution in [3.8, 4) is 0 Å². The van der Waals surface area contributed by atoms with Gasteiger partial charge in [-0.25, -0.2) is 0 Å². The van der Waals surface area contributed by atoms with E-state index in [-0.39, 0.29) is 6.10 Å². The van der Waals surface area contributed by atoms with E-state index in [0.717, 1.165) is 6.54 Å². The molecule has 0 saturated heterocycles. The molecule has 1 N–H and O–H groups in total. The second kappa shape index (κ2) is 5.89. The smallest absolute Gasteiger partial charge is 0.0945 e. The molecule has 84 valence electrons. The Morgan fingerprint density at radius 3 is 2.07 bits per heavy atom. The van der Waals surface area contributed by atoms with E-state index in [4.69, 9.17) is 4.74 Å². The van der Waals surface area contributed by atoms with E-state index in [2.05, 4.69) is 43.4 Å². The molecule has 0 amide bonds. The largest absolute Gasteiger partial charge is 0.375 e. The molecule has 2 heteroatoms. The van der Waals surface area contributed by atoms with Gasteiger partial charge >= 0.3 is 0 Å². The van der Waals surface area contributed by atoms with Crippen molar-refractivity contribution in [1.29, 1.82) is 0 Å². The zero-order valence-electron chi connectivity index (χ0n) is 10.1. The fraction of sp³-hybridized carbons (Fsp3) is 0.538. The second-order valence-corrected chi connectivity index (χ2v) is 4.10. The van der Waals surface area contributed by atoms with E-state index in [1.54, 1.807) is 7.11 Å². The van der Waals surface area contributed by atoms with Gasteiger partial charge in [0.05, 0.1) is 6.10 Å². The summed E-state index contributed by atoms with van der Waals surface area (Å²) in [5.41, 5.74) is 2.61. The summed E-state index contributed by atoms with van der Waals surface area (Å²) in [5, 5.41) is 3.13. The van der Waals surface area contributed by atoms with Crippen LogP contribution in [0.4, 0.5) is 0 Å². The first-order valence-corrected chi connectivity index (χ1v) is 5.46. The lowest BCUT2D eigenvalue weighted by atomic mass is 10.00. The van der Waals surface area contributed by atoms with Crippen LogP contribution in [0.5, 0.6) is 0 Å². The van der Waals surface area contributed by atoms with Crippen LogP contribution in [0.25, 0.3) is 0 Å². The molecule has 0 radical (unpaired) electrons. The third-order valence-corrected chi connectivity index (χ3v) is 2.65. The number of benzene rings is 1. The molecule has 0 bridgehead atoms. The maximum absolute atomic E-state index is 5.41. The molecular formula is C13H21NO. The Morgan fingerprint density at radius 1 is 1.13 bits per heavy atom. The van der Waals surface area contributed by atoms with Crippen LogP contribution in [0.15, 0.2) is 24.3 Å². The average molecular weight is 207 g/mol. The minimum atomic E-state index is 0.149. The highest BCUT2D eigenvalue weighted by Crippen LogP contribution is 2.20. The molecule has 0 aliphatic rings. The Hall–Kier alpha value is -0.860. The van der Waals surface area contributed by atoms with Gasteiger partial charge in [0.25, 0.3) is 0 Å². The van der Waals surface area contributed by atoms with E-state index in [9.17, 15) is 0 Å². The summed E-state index contributed by atoms with van der Waals surface area (Å²) in [6.07, 6.45) is 0.149. The molecule has 0 spiro atoms. The second-order valence-electron chi connectivity index (χ2n) is 4.10. The highest BCUT2D eigenvalue weighted by molar-refractivity contribution is 5.26. The minimum Gasteiger partial charge on any atom is -0.375 e. The molecule has 0 saturated carbocycles. The standard InChI is InChI=1S/C13H21NO/c1-10(2)11-5-7-12(8-6-11)13(15-4)9-14-3/h5-8,10,13-14H,9H2,1-4H3. The van der Waals surface area contributed by atoms with Crippen molar-refractivity contribution in [3.63, 3.8) is 0 Å². The maximum atomic E-state index is 5.41. The summed E-state index contributed by atoms with van der Waals surface area (Å²) in [6, 6.07) is 8.67. The van der Waals surface area contributed by atoms with E-state index >= 15 is 0 Å². The normalized spacial score (nSPS) is 13.1. The molecular weight excluding hydrogens is 186 g/mol. The van der Waals surface area contributed by atoms with Crippen LogP contribution in [0, 0.1) is 0 Å². The Balaban J connectivity index is 2.77. The minimum absolute atomic E-state index is 0.149. The molecule has 1 aromatic carbocycles. The first-order chi connectivity index (χ1) is 7.19. The maximum Gasteiger partial charge on any atom is 0.0945 e. The Labute approximate surface area is 92.6 Å². The van der Waals surface area contributed by atoms with Gasteiger partial charge < -0.3 is 10.1 Å². The van der Waals surface area contributed by atoms with Crippen molar-refractivity contribution in [3.05, 3.63) is 35.4 Å².